The molecular weight excluding hydrogens is 410 g/mol. The molecule has 2 atom stereocenters. The van der Waals surface area contributed by atoms with Crippen molar-refractivity contribution in [2.24, 2.45) is 5.41 Å². The van der Waals surface area contributed by atoms with Gasteiger partial charge in [-0.2, -0.15) is 0 Å². The predicted octanol–water partition coefficient (Wildman–Crippen LogP) is 4.37. The molecule has 0 radical (unpaired) electrons. The van der Waals surface area contributed by atoms with Crippen molar-refractivity contribution in [1.29, 1.82) is 0 Å². The Morgan fingerprint density at radius 3 is 2.55 bits per heavy atom. The average molecular weight is 442 g/mol. The molecule has 2 heterocycles. The van der Waals surface area contributed by atoms with Gasteiger partial charge in [-0.25, -0.2) is 0 Å². The Hall–Kier alpha value is -3.47. The summed E-state index contributed by atoms with van der Waals surface area (Å²) in [6.07, 6.45) is 4.81. The molecule has 1 aromatic heterocycles. The van der Waals surface area contributed by atoms with Crippen LogP contribution in [0.5, 0.6) is 0 Å². The van der Waals surface area contributed by atoms with Gasteiger partial charge in [-0.1, -0.05) is 60.2 Å². The minimum absolute atomic E-state index is 0.0122. The van der Waals surface area contributed by atoms with Gasteiger partial charge in [0.15, 0.2) is 0 Å². The SMILES string of the molecule is CNC(=O)[C@]1(Cc2ccccc2-c2cccnc2)CCN(C(=O)[C@H](C)c2ccc(C)cc2)C1. The monoisotopic (exact) mass is 441 g/mol. The molecular formula is C28H31N3O2. The molecule has 33 heavy (non-hydrogen) atoms. The molecule has 1 saturated heterocycles. The van der Waals surface area contributed by atoms with Crippen LogP contribution >= 0.6 is 0 Å². The van der Waals surface area contributed by atoms with Gasteiger partial charge in [0.25, 0.3) is 0 Å². The Labute approximate surface area is 195 Å². The van der Waals surface area contributed by atoms with E-state index in [1.54, 1.807) is 13.2 Å². The number of carbonyl (C=O) groups excluding carboxylic acids is 2. The minimum Gasteiger partial charge on any atom is -0.359 e. The van der Waals surface area contributed by atoms with E-state index in [4.69, 9.17) is 0 Å². The molecule has 1 aliphatic rings. The number of pyridine rings is 1. The minimum atomic E-state index is -0.657. The molecule has 2 aromatic carbocycles. The van der Waals surface area contributed by atoms with Crippen LogP contribution < -0.4 is 5.32 Å². The summed E-state index contributed by atoms with van der Waals surface area (Å²) >= 11 is 0. The molecule has 0 aliphatic carbocycles. The van der Waals surface area contributed by atoms with Gasteiger partial charge in [0, 0.05) is 38.1 Å². The van der Waals surface area contributed by atoms with Gasteiger partial charge in [-0.15, -0.1) is 0 Å². The summed E-state index contributed by atoms with van der Waals surface area (Å²) in [4.78, 5) is 32.7. The van der Waals surface area contributed by atoms with E-state index in [-0.39, 0.29) is 17.7 Å². The van der Waals surface area contributed by atoms with Crippen LogP contribution in [-0.4, -0.2) is 41.8 Å². The zero-order valence-electron chi connectivity index (χ0n) is 19.5. The molecule has 0 unspecified atom stereocenters. The van der Waals surface area contributed by atoms with Crippen LogP contribution in [-0.2, 0) is 16.0 Å². The van der Waals surface area contributed by atoms with Crippen LogP contribution in [0.4, 0.5) is 0 Å². The third-order valence-electron chi connectivity index (χ3n) is 6.84. The highest BCUT2D eigenvalue weighted by atomic mass is 16.2. The van der Waals surface area contributed by atoms with Crippen LogP contribution in [0.2, 0.25) is 0 Å². The van der Waals surface area contributed by atoms with E-state index >= 15 is 0 Å². The summed E-state index contributed by atoms with van der Waals surface area (Å²) in [5, 5.41) is 2.86. The van der Waals surface area contributed by atoms with Crippen LogP contribution in [0.15, 0.2) is 73.1 Å². The van der Waals surface area contributed by atoms with Crippen molar-refractivity contribution in [2.75, 3.05) is 20.1 Å². The highest BCUT2D eigenvalue weighted by molar-refractivity contribution is 5.88. The first kappa shape index (κ1) is 22.7. The van der Waals surface area contributed by atoms with Crippen LogP contribution in [0.25, 0.3) is 11.1 Å². The van der Waals surface area contributed by atoms with E-state index in [9.17, 15) is 9.59 Å². The van der Waals surface area contributed by atoms with E-state index in [1.165, 1.54) is 5.56 Å². The fourth-order valence-electron chi connectivity index (χ4n) is 4.85. The van der Waals surface area contributed by atoms with Crippen molar-refractivity contribution in [1.82, 2.24) is 15.2 Å². The summed E-state index contributed by atoms with van der Waals surface area (Å²) < 4.78 is 0. The van der Waals surface area contributed by atoms with Crippen LogP contribution in [0, 0.1) is 12.3 Å². The van der Waals surface area contributed by atoms with Gasteiger partial charge >= 0.3 is 0 Å². The standard InChI is InChI=1S/C28H31N3O2/c1-20-10-12-22(13-11-20)21(2)26(32)31-16-14-28(19-31,27(33)29-3)17-23-7-4-5-9-25(23)24-8-6-15-30-18-24/h4-13,15,18,21H,14,16-17,19H2,1-3H3,(H,29,33)/t21-,28+/m1/s1. The lowest BCUT2D eigenvalue weighted by molar-refractivity contribution is -0.133. The Morgan fingerprint density at radius 1 is 1.09 bits per heavy atom. The first-order valence-corrected chi connectivity index (χ1v) is 11.5. The summed E-state index contributed by atoms with van der Waals surface area (Å²) in [6, 6.07) is 20.2. The molecule has 2 amide bonds. The van der Waals surface area contributed by atoms with E-state index < -0.39 is 5.41 Å². The van der Waals surface area contributed by atoms with Gasteiger partial charge in [-0.3, -0.25) is 14.6 Å². The van der Waals surface area contributed by atoms with Gasteiger partial charge in [-0.05, 0) is 49.4 Å². The lowest BCUT2D eigenvalue weighted by atomic mass is 9.78. The normalized spacial score (nSPS) is 18.7. The molecule has 3 aromatic rings. The zero-order chi connectivity index (χ0) is 23.4. The van der Waals surface area contributed by atoms with Gasteiger partial charge in [0.1, 0.15) is 0 Å². The largest absolute Gasteiger partial charge is 0.359 e. The van der Waals surface area contributed by atoms with E-state index in [2.05, 4.69) is 22.4 Å². The Balaban J connectivity index is 1.59. The number of nitrogens with zero attached hydrogens (tertiary/aromatic N) is 2. The number of rotatable bonds is 6. The van der Waals surface area contributed by atoms with Crippen molar-refractivity contribution in [3.63, 3.8) is 0 Å². The molecule has 1 N–H and O–H groups in total. The second-order valence-corrected chi connectivity index (χ2v) is 9.08. The molecule has 4 rings (SSSR count). The van der Waals surface area contributed by atoms with Gasteiger partial charge in [0.05, 0.1) is 11.3 Å². The number of hydrogen-bond acceptors (Lipinski definition) is 3. The Kier molecular flexibility index (Phi) is 6.59. The third kappa shape index (κ3) is 4.68. The summed E-state index contributed by atoms with van der Waals surface area (Å²) in [5.74, 6) is -0.180. The first-order chi connectivity index (χ1) is 15.9. The number of carbonyl (C=O) groups is 2. The van der Waals surface area contributed by atoms with Crippen LogP contribution in [0.3, 0.4) is 0 Å². The van der Waals surface area contributed by atoms with Crippen molar-refractivity contribution in [3.8, 4) is 11.1 Å². The van der Waals surface area contributed by atoms with E-state index in [1.807, 2.05) is 73.5 Å². The quantitative estimate of drug-likeness (QED) is 0.618. The topological polar surface area (TPSA) is 62.3 Å². The highest BCUT2D eigenvalue weighted by Crippen LogP contribution is 2.38. The summed E-state index contributed by atoms with van der Waals surface area (Å²) in [5.41, 5.74) is 4.71. The lowest BCUT2D eigenvalue weighted by Gasteiger charge is -2.29. The van der Waals surface area contributed by atoms with Crippen molar-refractivity contribution in [3.05, 3.63) is 89.7 Å². The number of likely N-dealkylation sites (tertiary alicyclic amines) is 1. The number of amides is 2. The first-order valence-electron chi connectivity index (χ1n) is 11.5. The predicted molar refractivity (Wildman–Crippen MR) is 131 cm³/mol. The number of benzene rings is 2. The smallest absolute Gasteiger partial charge is 0.229 e. The number of hydrogen-bond donors (Lipinski definition) is 1. The van der Waals surface area contributed by atoms with Crippen molar-refractivity contribution < 1.29 is 9.59 Å². The van der Waals surface area contributed by atoms with Crippen LogP contribution in [0.1, 0.15) is 36.0 Å². The fourth-order valence-corrected chi connectivity index (χ4v) is 4.85. The number of nitrogens with one attached hydrogen (secondary N) is 1. The van der Waals surface area contributed by atoms with Crippen molar-refractivity contribution in [2.45, 2.75) is 32.6 Å². The molecule has 5 nitrogen and oxygen atoms in total. The third-order valence-corrected chi connectivity index (χ3v) is 6.84. The van der Waals surface area contributed by atoms with Gasteiger partial charge < -0.3 is 10.2 Å². The van der Waals surface area contributed by atoms with Crippen molar-refractivity contribution >= 4 is 11.8 Å². The lowest BCUT2D eigenvalue weighted by Crippen LogP contribution is -2.44. The van der Waals surface area contributed by atoms with E-state index in [0.29, 0.717) is 25.9 Å². The molecule has 170 valence electrons. The van der Waals surface area contributed by atoms with E-state index in [0.717, 1.165) is 22.3 Å². The summed E-state index contributed by atoms with van der Waals surface area (Å²) in [7, 11) is 1.68. The zero-order valence-corrected chi connectivity index (χ0v) is 19.5. The highest BCUT2D eigenvalue weighted by Gasteiger charge is 2.46. The molecule has 0 bridgehead atoms. The maximum absolute atomic E-state index is 13.4. The second kappa shape index (κ2) is 9.57. The molecule has 1 aliphatic heterocycles. The molecule has 5 heteroatoms. The maximum atomic E-state index is 13.4. The average Bonchev–Trinajstić information content (AvgIpc) is 3.29. The molecule has 0 spiro atoms. The summed E-state index contributed by atoms with van der Waals surface area (Å²) in [6.45, 7) is 4.99. The number of aryl methyl sites for hydroxylation is 1. The number of aromatic nitrogens is 1. The van der Waals surface area contributed by atoms with Gasteiger partial charge in [0.2, 0.25) is 11.8 Å². The fraction of sp³-hybridized carbons (Fsp3) is 0.321. The molecule has 1 fully saturated rings. The maximum Gasteiger partial charge on any atom is 0.229 e. The Morgan fingerprint density at radius 2 is 1.85 bits per heavy atom. The second-order valence-electron chi connectivity index (χ2n) is 9.08. The molecule has 0 saturated carbocycles. The Bertz CT molecular complexity index is 1130.